The number of amides is 1. The van der Waals surface area contributed by atoms with E-state index in [4.69, 9.17) is 5.73 Å². The molecule has 0 saturated heterocycles. The molecule has 3 heteroatoms. The molecular weight excluding hydrogens is 224 g/mol. The molecule has 0 heterocycles. The molecule has 0 aliphatic heterocycles. The van der Waals surface area contributed by atoms with E-state index < -0.39 is 0 Å². The van der Waals surface area contributed by atoms with Crippen LogP contribution in [-0.4, -0.2) is 19.0 Å². The van der Waals surface area contributed by atoms with E-state index in [0.717, 1.165) is 25.3 Å². The zero-order valence-corrected chi connectivity index (χ0v) is 11.5. The Morgan fingerprint density at radius 3 is 2.39 bits per heavy atom. The summed E-state index contributed by atoms with van der Waals surface area (Å²) in [6.45, 7) is 1.56. The van der Waals surface area contributed by atoms with Gasteiger partial charge in [-0.15, -0.1) is 0 Å². The summed E-state index contributed by atoms with van der Waals surface area (Å²) < 4.78 is 0. The van der Waals surface area contributed by atoms with Crippen molar-refractivity contribution in [3.05, 3.63) is 0 Å². The van der Waals surface area contributed by atoms with E-state index in [2.05, 4.69) is 5.32 Å². The van der Waals surface area contributed by atoms with E-state index in [9.17, 15) is 4.79 Å². The van der Waals surface area contributed by atoms with Crippen LogP contribution >= 0.6 is 0 Å². The van der Waals surface area contributed by atoms with Crippen molar-refractivity contribution in [2.75, 3.05) is 13.1 Å². The number of carbonyl (C=O) groups excluding carboxylic acids is 1. The normalized spacial score (nSPS) is 30.1. The first-order chi connectivity index (χ1) is 8.81. The van der Waals surface area contributed by atoms with Gasteiger partial charge in [-0.3, -0.25) is 4.79 Å². The summed E-state index contributed by atoms with van der Waals surface area (Å²) in [6.07, 6.45) is 11.3. The molecule has 2 aliphatic rings. The second-order valence-electron chi connectivity index (χ2n) is 6.14. The lowest BCUT2D eigenvalue weighted by atomic mass is 9.78. The molecule has 1 amide bonds. The fourth-order valence-corrected chi connectivity index (χ4v) is 3.60. The third-order valence-corrected chi connectivity index (χ3v) is 4.84. The maximum absolute atomic E-state index is 12.2. The van der Waals surface area contributed by atoms with Crippen LogP contribution in [-0.2, 0) is 4.79 Å². The summed E-state index contributed by atoms with van der Waals surface area (Å²) in [4.78, 5) is 12.2. The summed E-state index contributed by atoms with van der Waals surface area (Å²) in [5, 5.41) is 3.19. The highest BCUT2D eigenvalue weighted by molar-refractivity contribution is 5.79. The third kappa shape index (κ3) is 3.71. The van der Waals surface area contributed by atoms with E-state index in [1.807, 2.05) is 0 Å². The zero-order chi connectivity index (χ0) is 12.8. The Kier molecular flexibility index (Phi) is 5.48. The quantitative estimate of drug-likeness (QED) is 0.807. The van der Waals surface area contributed by atoms with E-state index in [-0.39, 0.29) is 11.8 Å². The molecule has 0 aromatic carbocycles. The van der Waals surface area contributed by atoms with Crippen molar-refractivity contribution in [3.63, 3.8) is 0 Å². The van der Waals surface area contributed by atoms with E-state index >= 15 is 0 Å². The molecule has 2 aliphatic carbocycles. The van der Waals surface area contributed by atoms with Crippen LogP contribution in [0.2, 0.25) is 0 Å². The summed E-state index contributed by atoms with van der Waals surface area (Å²) >= 11 is 0. The average molecular weight is 252 g/mol. The molecule has 0 radical (unpaired) electrons. The maximum atomic E-state index is 12.2. The molecule has 18 heavy (non-hydrogen) atoms. The van der Waals surface area contributed by atoms with Crippen molar-refractivity contribution in [1.82, 2.24) is 5.32 Å². The molecule has 2 atom stereocenters. The number of nitrogens with two attached hydrogens (primary N) is 1. The SMILES string of the molecule is NCC1CCCCC1C(=O)NCC1CCCCC1. The molecular formula is C15H28N2O. The minimum Gasteiger partial charge on any atom is -0.356 e. The molecule has 3 N–H and O–H groups in total. The number of hydrogen-bond acceptors (Lipinski definition) is 2. The zero-order valence-electron chi connectivity index (χ0n) is 11.5. The van der Waals surface area contributed by atoms with Gasteiger partial charge in [0.05, 0.1) is 0 Å². The largest absolute Gasteiger partial charge is 0.356 e. The van der Waals surface area contributed by atoms with E-state index in [1.54, 1.807) is 0 Å². The summed E-state index contributed by atoms with van der Waals surface area (Å²) in [7, 11) is 0. The van der Waals surface area contributed by atoms with Crippen LogP contribution in [0, 0.1) is 17.8 Å². The smallest absolute Gasteiger partial charge is 0.223 e. The highest BCUT2D eigenvalue weighted by Crippen LogP contribution is 2.29. The van der Waals surface area contributed by atoms with Crippen molar-refractivity contribution in [2.45, 2.75) is 57.8 Å². The van der Waals surface area contributed by atoms with Gasteiger partial charge in [0.2, 0.25) is 5.91 Å². The van der Waals surface area contributed by atoms with Crippen LogP contribution in [0.3, 0.4) is 0 Å². The van der Waals surface area contributed by atoms with Crippen molar-refractivity contribution in [1.29, 1.82) is 0 Å². The van der Waals surface area contributed by atoms with Gasteiger partial charge in [0, 0.05) is 12.5 Å². The molecule has 2 saturated carbocycles. The Morgan fingerprint density at radius 1 is 1.00 bits per heavy atom. The first kappa shape index (κ1) is 13.9. The number of rotatable bonds is 4. The van der Waals surface area contributed by atoms with Crippen LogP contribution in [0.25, 0.3) is 0 Å². The molecule has 0 aromatic rings. The number of nitrogens with one attached hydrogen (secondary N) is 1. The van der Waals surface area contributed by atoms with Crippen molar-refractivity contribution >= 4 is 5.91 Å². The van der Waals surface area contributed by atoms with E-state index in [1.165, 1.54) is 44.9 Å². The molecule has 0 spiro atoms. The van der Waals surface area contributed by atoms with Gasteiger partial charge in [-0.2, -0.15) is 0 Å². The summed E-state index contributed by atoms with van der Waals surface area (Å²) in [6, 6.07) is 0. The molecule has 2 unspecified atom stereocenters. The molecule has 104 valence electrons. The van der Waals surface area contributed by atoms with Gasteiger partial charge < -0.3 is 11.1 Å². The molecule has 0 bridgehead atoms. The highest BCUT2D eigenvalue weighted by Gasteiger charge is 2.30. The van der Waals surface area contributed by atoms with Crippen LogP contribution in [0.5, 0.6) is 0 Å². The fourth-order valence-electron chi connectivity index (χ4n) is 3.60. The van der Waals surface area contributed by atoms with Gasteiger partial charge in [-0.05, 0) is 44.1 Å². The molecule has 2 fully saturated rings. The molecule has 0 aromatic heterocycles. The van der Waals surface area contributed by atoms with Gasteiger partial charge in [-0.1, -0.05) is 32.1 Å². The summed E-state index contributed by atoms with van der Waals surface area (Å²) in [5.74, 6) is 1.61. The summed E-state index contributed by atoms with van der Waals surface area (Å²) in [5.41, 5.74) is 5.79. The van der Waals surface area contributed by atoms with Gasteiger partial charge in [0.1, 0.15) is 0 Å². The second kappa shape index (κ2) is 7.13. The molecule has 3 nitrogen and oxygen atoms in total. The van der Waals surface area contributed by atoms with E-state index in [0.29, 0.717) is 12.5 Å². The first-order valence-corrected chi connectivity index (χ1v) is 7.79. The Bertz CT molecular complexity index is 261. The minimum atomic E-state index is 0.187. The monoisotopic (exact) mass is 252 g/mol. The Labute approximate surface area is 111 Å². The highest BCUT2D eigenvalue weighted by atomic mass is 16.1. The maximum Gasteiger partial charge on any atom is 0.223 e. The third-order valence-electron chi connectivity index (χ3n) is 4.84. The van der Waals surface area contributed by atoms with Gasteiger partial charge in [-0.25, -0.2) is 0 Å². The topological polar surface area (TPSA) is 55.1 Å². The van der Waals surface area contributed by atoms with Crippen LogP contribution < -0.4 is 11.1 Å². The second-order valence-corrected chi connectivity index (χ2v) is 6.14. The molecule has 2 rings (SSSR count). The predicted molar refractivity (Wildman–Crippen MR) is 74.1 cm³/mol. The Morgan fingerprint density at radius 2 is 1.67 bits per heavy atom. The minimum absolute atomic E-state index is 0.187. The van der Waals surface area contributed by atoms with Gasteiger partial charge in [0.15, 0.2) is 0 Å². The fraction of sp³-hybridized carbons (Fsp3) is 0.933. The lowest BCUT2D eigenvalue weighted by molar-refractivity contribution is -0.127. The van der Waals surface area contributed by atoms with Crippen molar-refractivity contribution < 1.29 is 4.79 Å². The average Bonchev–Trinajstić information content (AvgIpc) is 2.45. The Balaban J connectivity index is 1.75. The standard InChI is InChI=1S/C15H28N2O/c16-10-13-8-4-5-9-14(13)15(18)17-11-12-6-2-1-3-7-12/h12-14H,1-11,16H2,(H,17,18). The lowest BCUT2D eigenvalue weighted by Gasteiger charge is -2.30. The predicted octanol–water partition coefficient (Wildman–Crippen LogP) is 2.45. The van der Waals surface area contributed by atoms with Gasteiger partial charge >= 0.3 is 0 Å². The number of hydrogen-bond donors (Lipinski definition) is 2. The van der Waals surface area contributed by atoms with Crippen LogP contribution in [0.4, 0.5) is 0 Å². The van der Waals surface area contributed by atoms with Crippen molar-refractivity contribution in [2.24, 2.45) is 23.5 Å². The van der Waals surface area contributed by atoms with Crippen molar-refractivity contribution in [3.8, 4) is 0 Å². The lowest BCUT2D eigenvalue weighted by Crippen LogP contribution is -2.41. The van der Waals surface area contributed by atoms with Gasteiger partial charge in [0.25, 0.3) is 0 Å². The number of carbonyl (C=O) groups is 1. The Hall–Kier alpha value is -0.570. The van der Waals surface area contributed by atoms with Crippen LogP contribution in [0.1, 0.15) is 57.8 Å². The van der Waals surface area contributed by atoms with Crippen LogP contribution in [0.15, 0.2) is 0 Å². The first-order valence-electron chi connectivity index (χ1n) is 7.79.